The fraction of sp³-hybridized carbons (Fsp3) is 0.562. The van der Waals surface area contributed by atoms with Gasteiger partial charge in [-0.05, 0) is 25.5 Å². The van der Waals surface area contributed by atoms with Crippen molar-refractivity contribution < 1.29 is 4.79 Å². The number of piperazine rings is 1. The van der Waals surface area contributed by atoms with Crippen molar-refractivity contribution in [2.75, 3.05) is 26.7 Å². The van der Waals surface area contributed by atoms with Crippen molar-refractivity contribution in [3.63, 3.8) is 0 Å². The Morgan fingerprint density at radius 1 is 1.21 bits per heavy atom. The smallest absolute Gasteiger partial charge is 0.154 e. The molecule has 1 atom stereocenters. The predicted octanol–water partition coefficient (Wildman–Crippen LogP) is 1.93. The molecule has 2 fully saturated rings. The highest BCUT2D eigenvalue weighted by molar-refractivity contribution is 5.90. The zero-order valence-electron chi connectivity index (χ0n) is 11.6. The molecule has 1 saturated carbocycles. The number of ketones is 1. The van der Waals surface area contributed by atoms with Crippen LogP contribution in [0.25, 0.3) is 0 Å². The van der Waals surface area contributed by atoms with E-state index < -0.39 is 0 Å². The molecule has 3 nitrogen and oxygen atoms in total. The van der Waals surface area contributed by atoms with Crippen molar-refractivity contribution in [2.24, 2.45) is 0 Å². The second-order valence-corrected chi connectivity index (χ2v) is 5.95. The van der Waals surface area contributed by atoms with Crippen LogP contribution in [0.4, 0.5) is 0 Å². The Hall–Kier alpha value is -1.19. The number of likely N-dealkylation sites (N-methyl/N-ethyl adjacent to an activating group) is 1. The topological polar surface area (TPSA) is 23.6 Å². The third-order valence-corrected chi connectivity index (χ3v) is 4.62. The first-order chi connectivity index (χ1) is 9.21. The summed E-state index contributed by atoms with van der Waals surface area (Å²) >= 11 is 0. The Kier molecular flexibility index (Phi) is 3.42. The van der Waals surface area contributed by atoms with Crippen LogP contribution in [0.1, 0.15) is 24.8 Å². The molecule has 1 aromatic rings. The molecule has 1 heterocycles. The average molecular weight is 258 g/mol. The molecule has 1 aromatic carbocycles. The molecule has 0 amide bonds. The van der Waals surface area contributed by atoms with E-state index in [2.05, 4.69) is 41.1 Å². The van der Waals surface area contributed by atoms with Gasteiger partial charge in [0.25, 0.3) is 0 Å². The highest BCUT2D eigenvalue weighted by atomic mass is 16.1. The first-order valence-electron chi connectivity index (χ1n) is 7.21. The quantitative estimate of drug-likeness (QED) is 0.810. The number of hydrogen-bond donors (Lipinski definition) is 0. The van der Waals surface area contributed by atoms with Gasteiger partial charge in [0.15, 0.2) is 5.78 Å². The number of Topliss-reactive ketones (excluding diaryl/α,β-unsaturated/α-hetero) is 1. The van der Waals surface area contributed by atoms with E-state index in [1.807, 2.05) is 6.07 Å². The molecular formula is C16H22N2O. The molecule has 19 heavy (non-hydrogen) atoms. The van der Waals surface area contributed by atoms with Crippen LogP contribution in [-0.4, -0.2) is 47.8 Å². The minimum absolute atomic E-state index is 0.206. The van der Waals surface area contributed by atoms with E-state index in [0.29, 0.717) is 5.78 Å². The fourth-order valence-corrected chi connectivity index (χ4v) is 3.58. The van der Waals surface area contributed by atoms with Crippen LogP contribution in [0.5, 0.6) is 0 Å². The van der Waals surface area contributed by atoms with Crippen LogP contribution < -0.4 is 0 Å². The zero-order valence-corrected chi connectivity index (χ0v) is 11.6. The fourth-order valence-electron chi connectivity index (χ4n) is 3.58. The van der Waals surface area contributed by atoms with E-state index in [0.717, 1.165) is 45.4 Å². The van der Waals surface area contributed by atoms with Crippen LogP contribution in [0.3, 0.4) is 0 Å². The summed E-state index contributed by atoms with van der Waals surface area (Å²) in [4.78, 5) is 17.2. The summed E-state index contributed by atoms with van der Waals surface area (Å²) in [5.41, 5.74) is 1.11. The maximum atomic E-state index is 12.4. The molecule has 2 aliphatic rings. The van der Waals surface area contributed by atoms with Crippen LogP contribution in [-0.2, 0) is 11.3 Å². The largest absolute Gasteiger partial charge is 0.303 e. The van der Waals surface area contributed by atoms with E-state index in [-0.39, 0.29) is 5.54 Å². The third-order valence-electron chi connectivity index (χ3n) is 4.62. The standard InChI is InChI=1S/C16H22N2O/c1-17-10-11-18(12-14-6-3-2-4-7-14)16(13-17)9-5-8-15(16)19/h2-4,6-7H,5,8-13H2,1H3. The molecule has 1 saturated heterocycles. The molecule has 1 unspecified atom stereocenters. The summed E-state index contributed by atoms with van der Waals surface area (Å²) in [6.07, 6.45) is 2.85. The molecule has 0 aromatic heterocycles. The van der Waals surface area contributed by atoms with Gasteiger partial charge in [-0.2, -0.15) is 0 Å². The molecular weight excluding hydrogens is 236 g/mol. The number of nitrogens with zero attached hydrogens (tertiary/aromatic N) is 2. The number of rotatable bonds is 2. The van der Waals surface area contributed by atoms with Gasteiger partial charge in [-0.3, -0.25) is 9.69 Å². The number of benzene rings is 1. The predicted molar refractivity (Wildman–Crippen MR) is 75.9 cm³/mol. The van der Waals surface area contributed by atoms with Crippen LogP contribution in [0, 0.1) is 0 Å². The van der Waals surface area contributed by atoms with Gasteiger partial charge in [0, 0.05) is 32.6 Å². The molecule has 1 aliphatic heterocycles. The van der Waals surface area contributed by atoms with Crippen LogP contribution in [0.15, 0.2) is 30.3 Å². The monoisotopic (exact) mass is 258 g/mol. The summed E-state index contributed by atoms with van der Waals surface area (Å²) in [7, 11) is 2.13. The van der Waals surface area contributed by atoms with Gasteiger partial charge in [-0.25, -0.2) is 0 Å². The van der Waals surface area contributed by atoms with E-state index in [4.69, 9.17) is 0 Å². The summed E-state index contributed by atoms with van der Waals surface area (Å²) < 4.78 is 0. The molecule has 0 radical (unpaired) electrons. The summed E-state index contributed by atoms with van der Waals surface area (Å²) in [6.45, 7) is 3.86. The SMILES string of the molecule is CN1CCN(Cc2ccccc2)C2(CCCC2=O)C1. The third kappa shape index (κ3) is 2.33. The number of carbonyl (C=O) groups is 1. The van der Waals surface area contributed by atoms with Gasteiger partial charge in [-0.1, -0.05) is 30.3 Å². The Balaban J connectivity index is 1.84. The normalized spacial score (nSPS) is 29.2. The molecule has 1 spiro atoms. The van der Waals surface area contributed by atoms with E-state index in [9.17, 15) is 4.79 Å². The Morgan fingerprint density at radius 2 is 2.00 bits per heavy atom. The summed E-state index contributed by atoms with van der Waals surface area (Å²) in [5, 5.41) is 0. The van der Waals surface area contributed by atoms with Gasteiger partial charge in [0.05, 0.1) is 5.54 Å². The molecule has 1 aliphatic carbocycles. The average Bonchev–Trinajstić information content (AvgIpc) is 2.76. The van der Waals surface area contributed by atoms with Crippen molar-refractivity contribution in [3.8, 4) is 0 Å². The van der Waals surface area contributed by atoms with Crippen LogP contribution in [0.2, 0.25) is 0 Å². The lowest BCUT2D eigenvalue weighted by molar-refractivity contribution is -0.132. The maximum Gasteiger partial charge on any atom is 0.154 e. The van der Waals surface area contributed by atoms with Crippen LogP contribution >= 0.6 is 0 Å². The van der Waals surface area contributed by atoms with Gasteiger partial charge in [-0.15, -0.1) is 0 Å². The molecule has 102 valence electrons. The second kappa shape index (κ2) is 5.06. The van der Waals surface area contributed by atoms with E-state index in [1.165, 1.54) is 5.56 Å². The van der Waals surface area contributed by atoms with Crippen molar-refractivity contribution in [1.29, 1.82) is 0 Å². The van der Waals surface area contributed by atoms with Crippen molar-refractivity contribution in [3.05, 3.63) is 35.9 Å². The lowest BCUT2D eigenvalue weighted by Crippen LogP contribution is -2.63. The van der Waals surface area contributed by atoms with Gasteiger partial charge >= 0.3 is 0 Å². The molecule has 0 bridgehead atoms. The lowest BCUT2D eigenvalue weighted by atomic mass is 9.90. The zero-order chi connectivity index (χ0) is 13.3. The first-order valence-corrected chi connectivity index (χ1v) is 7.21. The molecule has 3 heteroatoms. The highest BCUT2D eigenvalue weighted by Gasteiger charge is 2.48. The number of hydrogen-bond acceptors (Lipinski definition) is 3. The Bertz CT molecular complexity index is 459. The second-order valence-electron chi connectivity index (χ2n) is 5.95. The number of carbonyl (C=O) groups excluding carboxylic acids is 1. The van der Waals surface area contributed by atoms with Gasteiger partial charge in [0.1, 0.15) is 0 Å². The maximum absolute atomic E-state index is 12.4. The molecule has 3 rings (SSSR count). The Labute approximate surface area is 115 Å². The Morgan fingerprint density at radius 3 is 2.68 bits per heavy atom. The van der Waals surface area contributed by atoms with E-state index in [1.54, 1.807) is 0 Å². The van der Waals surface area contributed by atoms with Crippen molar-refractivity contribution in [1.82, 2.24) is 9.80 Å². The minimum Gasteiger partial charge on any atom is -0.303 e. The molecule has 0 N–H and O–H groups in total. The highest BCUT2D eigenvalue weighted by Crippen LogP contribution is 2.35. The van der Waals surface area contributed by atoms with Crippen molar-refractivity contribution >= 4 is 5.78 Å². The summed E-state index contributed by atoms with van der Waals surface area (Å²) in [5.74, 6) is 0.454. The van der Waals surface area contributed by atoms with Crippen molar-refractivity contribution in [2.45, 2.75) is 31.3 Å². The van der Waals surface area contributed by atoms with E-state index >= 15 is 0 Å². The van der Waals surface area contributed by atoms with Gasteiger partial charge in [0.2, 0.25) is 0 Å². The first kappa shape index (κ1) is 12.8. The summed E-state index contributed by atoms with van der Waals surface area (Å²) in [6, 6.07) is 10.5. The lowest BCUT2D eigenvalue weighted by Gasteiger charge is -2.47. The minimum atomic E-state index is -0.206. The van der Waals surface area contributed by atoms with Gasteiger partial charge < -0.3 is 4.90 Å².